The van der Waals surface area contributed by atoms with E-state index in [1.165, 1.54) is 24.0 Å². The summed E-state index contributed by atoms with van der Waals surface area (Å²) < 4.78 is 5.71. The molecule has 0 amide bonds. The fourth-order valence-corrected chi connectivity index (χ4v) is 3.28. The van der Waals surface area contributed by atoms with Crippen LogP contribution in [0, 0.1) is 5.92 Å². The minimum atomic E-state index is -0.224. The second kappa shape index (κ2) is 9.80. The summed E-state index contributed by atoms with van der Waals surface area (Å²) in [7, 11) is 1.95. The topological polar surface area (TPSA) is 50.4 Å². The van der Waals surface area contributed by atoms with Gasteiger partial charge in [-0.3, -0.25) is 4.79 Å². The van der Waals surface area contributed by atoms with Crippen LogP contribution in [0.15, 0.2) is 24.3 Å². The van der Waals surface area contributed by atoms with Crippen molar-refractivity contribution in [2.45, 2.75) is 71.2 Å². The molecule has 1 atom stereocenters. The Balaban J connectivity index is 1.92. The molecule has 4 heteroatoms. The van der Waals surface area contributed by atoms with E-state index in [-0.39, 0.29) is 18.1 Å². The first kappa shape index (κ1) is 18.9. The SMILES string of the molecule is CNCc1cccc(CNC(CC(C)C)C(=O)OC2CCCC2)c1. The standard InChI is InChI=1S/C20H32N2O2/c1-15(2)11-19(20(23)24-18-9-4-5-10-18)22-14-17-8-6-7-16(12-17)13-21-3/h6-8,12,15,18-19,21-22H,4-5,9-11,13-14H2,1-3H3. The highest BCUT2D eigenvalue weighted by molar-refractivity contribution is 5.76. The summed E-state index contributed by atoms with van der Waals surface area (Å²) in [6.45, 7) is 5.83. The van der Waals surface area contributed by atoms with E-state index in [4.69, 9.17) is 4.74 Å². The molecule has 1 aromatic rings. The van der Waals surface area contributed by atoms with Crippen LogP contribution >= 0.6 is 0 Å². The smallest absolute Gasteiger partial charge is 0.323 e. The maximum absolute atomic E-state index is 12.5. The quantitative estimate of drug-likeness (QED) is 0.681. The minimum Gasteiger partial charge on any atom is -0.461 e. The van der Waals surface area contributed by atoms with Crippen LogP contribution in [0.1, 0.15) is 57.1 Å². The molecule has 1 unspecified atom stereocenters. The number of hydrogen-bond donors (Lipinski definition) is 2. The maximum Gasteiger partial charge on any atom is 0.323 e. The molecule has 24 heavy (non-hydrogen) atoms. The molecule has 2 N–H and O–H groups in total. The summed E-state index contributed by atoms with van der Waals surface area (Å²) in [4.78, 5) is 12.5. The first-order valence-corrected chi connectivity index (χ1v) is 9.24. The van der Waals surface area contributed by atoms with Crippen molar-refractivity contribution < 1.29 is 9.53 Å². The third-order valence-corrected chi connectivity index (χ3v) is 4.50. The van der Waals surface area contributed by atoms with Gasteiger partial charge in [0.25, 0.3) is 0 Å². The maximum atomic E-state index is 12.5. The number of ether oxygens (including phenoxy) is 1. The summed E-state index contributed by atoms with van der Waals surface area (Å²) in [5.41, 5.74) is 2.45. The molecule has 1 aliphatic rings. The van der Waals surface area contributed by atoms with E-state index in [1.807, 2.05) is 7.05 Å². The number of hydrogen-bond acceptors (Lipinski definition) is 4. The van der Waals surface area contributed by atoms with E-state index in [0.717, 1.165) is 25.8 Å². The fraction of sp³-hybridized carbons (Fsp3) is 0.650. The van der Waals surface area contributed by atoms with Gasteiger partial charge in [-0.25, -0.2) is 0 Å². The van der Waals surface area contributed by atoms with Gasteiger partial charge in [0.05, 0.1) is 0 Å². The van der Waals surface area contributed by atoms with Crippen molar-refractivity contribution in [2.75, 3.05) is 7.05 Å². The summed E-state index contributed by atoms with van der Waals surface area (Å²) in [5.74, 6) is 0.372. The molecule has 0 aromatic heterocycles. The lowest BCUT2D eigenvalue weighted by Crippen LogP contribution is -2.40. The lowest BCUT2D eigenvalue weighted by Gasteiger charge is -2.22. The van der Waals surface area contributed by atoms with Gasteiger partial charge in [-0.15, -0.1) is 0 Å². The van der Waals surface area contributed by atoms with Gasteiger partial charge in [0.15, 0.2) is 0 Å². The summed E-state index contributed by atoms with van der Waals surface area (Å²) >= 11 is 0. The van der Waals surface area contributed by atoms with Crippen LogP contribution in [0.4, 0.5) is 0 Å². The van der Waals surface area contributed by atoms with Crippen LogP contribution in [0.3, 0.4) is 0 Å². The highest BCUT2D eigenvalue weighted by Crippen LogP contribution is 2.22. The zero-order chi connectivity index (χ0) is 17.4. The van der Waals surface area contributed by atoms with Gasteiger partial charge in [-0.1, -0.05) is 38.1 Å². The van der Waals surface area contributed by atoms with E-state index < -0.39 is 0 Å². The highest BCUT2D eigenvalue weighted by atomic mass is 16.5. The molecule has 0 bridgehead atoms. The van der Waals surface area contributed by atoms with Gasteiger partial charge in [0.1, 0.15) is 12.1 Å². The molecule has 1 aliphatic carbocycles. The van der Waals surface area contributed by atoms with Crippen LogP contribution in [0.5, 0.6) is 0 Å². The summed E-state index contributed by atoms with van der Waals surface area (Å²) in [5, 5.41) is 6.58. The van der Waals surface area contributed by atoms with Crippen LogP contribution < -0.4 is 10.6 Å². The molecule has 1 aromatic carbocycles. The molecular formula is C20H32N2O2. The van der Waals surface area contributed by atoms with Gasteiger partial charge in [0.2, 0.25) is 0 Å². The van der Waals surface area contributed by atoms with Crippen molar-refractivity contribution in [1.29, 1.82) is 0 Å². The molecule has 0 saturated heterocycles. The van der Waals surface area contributed by atoms with Crippen molar-refractivity contribution in [2.24, 2.45) is 5.92 Å². The Morgan fingerprint density at radius 1 is 1.21 bits per heavy atom. The normalized spacial score (nSPS) is 16.5. The molecular weight excluding hydrogens is 300 g/mol. The van der Waals surface area contributed by atoms with Crippen molar-refractivity contribution in [1.82, 2.24) is 10.6 Å². The first-order chi connectivity index (χ1) is 11.6. The zero-order valence-corrected chi connectivity index (χ0v) is 15.3. The van der Waals surface area contributed by atoms with Gasteiger partial charge in [-0.2, -0.15) is 0 Å². The van der Waals surface area contributed by atoms with Gasteiger partial charge in [-0.05, 0) is 56.2 Å². The molecule has 0 aliphatic heterocycles. The summed E-state index contributed by atoms with van der Waals surface area (Å²) in [6.07, 6.45) is 5.34. The number of rotatable bonds is 9. The fourth-order valence-electron chi connectivity index (χ4n) is 3.28. The van der Waals surface area contributed by atoms with Crippen molar-refractivity contribution in [3.63, 3.8) is 0 Å². The molecule has 0 radical (unpaired) electrons. The number of nitrogens with one attached hydrogen (secondary N) is 2. The number of benzene rings is 1. The predicted octanol–water partition coefficient (Wildman–Crippen LogP) is 3.40. The van der Waals surface area contributed by atoms with E-state index in [2.05, 4.69) is 48.7 Å². The minimum absolute atomic E-state index is 0.0815. The zero-order valence-electron chi connectivity index (χ0n) is 15.3. The number of carbonyl (C=O) groups is 1. The van der Waals surface area contributed by atoms with Gasteiger partial charge < -0.3 is 15.4 Å². The molecule has 0 spiro atoms. The molecule has 1 fully saturated rings. The number of esters is 1. The van der Waals surface area contributed by atoms with Crippen LogP contribution in [-0.4, -0.2) is 25.2 Å². The van der Waals surface area contributed by atoms with E-state index in [9.17, 15) is 4.79 Å². The largest absolute Gasteiger partial charge is 0.461 e. The van der Waals surface area contributed by atoms with Crippen molar-refractivity contribution in [3.05, 3.63) is 35.4 Å². The molecule has 0 heterocycles. The molecule has 1 saturated carbocycles. The number of carbonyl (C=O) groups excluding carboxylic acids is 1. The van der Waals surface area contributed by atoms with Crippen LogP contribution in [0.2, 0.25) is 0 Å². The average molecular weight is 332 g/mol. The Kier molecular flexibility index (Phi) is 7.73. The van der Waals surface area contributed by atoms with Crippen LogP contribution in [0.25, 0.3) is 0 Å². The molecule has 2 rings (SSSR count). The highest BCUT2D eigenvalue weighted by Gasteiger charge is 2.25. The first-order valence-electron chi connectivity index (χ1n) is 9.24. The summed E-state index contributed by atoms with van der Waals surface area (Å²) in [6, 6.07) is 8.23. The predicted molar refractivity (Wildman–Crippen MR) is 97.6 cm³/mol. The average Bonchev–Trinajstić information content (AvgIpc) is 3.04. The lowest BCUT2D eigenvalue weighted by molar-refractivity contribution is -0.151. The second-order valence-electron chi connectivity index (χ2n) is 7.26. The van der Waals surface area contributed by atoms with Gasteiger partial charge >= 0.3 is 5.97 Å². The Bertz CT molecular complexity index is 510. The monoisotopic (exact) mass is 332 g/mol. The lowest BCUT2D eigenvalue weighted by atomic mass is 10.0. The Morgan fingerprint density at radius 2 is 1.88 bits per heavy atom. The van der Waals surface area contributed by atoms with E-state index >= 15 is 0 Å². The van der Waals surface area contributed by atoms with Crippen molar-refractivity contribution in [3.8, 4) is 0 Å². The molecule has 134 valence electrons. The van der Waals surface area contributed by atoms with E-state index in [1.54, 1.807) is 0 Å². The Morgan fingerprint density at radius 3 is 2.50 bits per heavy atom. The third kappa shape index (κ3) is 6.25. The third-order valence-electron chi connectivity index (χ3n) is 4.50. The second-order valence-corrected chi connectivity index (χ2v) is 7.26. The molecule has 4 nitrogen and oxygen atoms in total. The van der Waals surface area contributed by atoms with Crippen LogP contribution in [-0.2, 0) is 22.6 Å². The van der Waals surface area contributed by atoms with Crippen molar-refractivity contribution >= 4 is 5.97 Å². The Labute approximate surface area is 146 Å². The van der Waals surface area contributed by atoms with Gasteiger partial charge in [0, 0.05) is 13.1 Å². The van der Waals surface area contributed by atoms with E-state index in [0.29, 0.717) is 12.5 Å². The Hall–Kier alpha value is -1.39.